The summed E-state index contributed by atoms with van der Waals surface area (Å²) in [5.74, 6) is -0.320. The summed E-state index contributed by atoms with van der Waals surface area (Å²) in [5.41, 5.74) is 3.72. The number of nitrogens with zero attached hydrogens (tertiary/aromatic N) is 1. The van der Waals surface area contributed by atoms with Gasteiger partial charge in [0.2, 0.25) is 10.0 Å². The van der Waals surface area contributed by atoms with Gasteiger partial charge >= 0.3 is 0 Å². The van der Waals surface area contributed by atoms with Gasteiger partial charge in [0.05, 0.1) is 4.90 Å². The number of nitrogens with one attached hydrogen (secondary N) is 1. The largest absolute Gasteiger partial charge is 0.321 e. The van der Waals surface area contributed by atoms with Crippen LogP contribution in [-0.2, 0) is 16.4 Å². The molecular weight excluding hydrogens is 336 g/mol. The van der Waals surface area contributed by atoms with Gasteiger partial charge in [-0.2, -0.15) is 0 Å². The van der Waals surface area contributed by atoms with Gasteiger partial charge < -0.3 is 5.32 Å². The number of rotatable bonds is 5. The summed E-state index contributed by atoms with van der Waals surface area (Å²) in [5, 5.41) is 2.93. The third-order valence-electron chi connectivity index (χ3n) is 4.19. The topological polar surface area (TPSA) is 66.5 Å². The molecular formula is C19H24N2O3S. The van der Waals surface area contributed by atoms with E-state index in [2.05, 4.69) is 5.32 Å². The molecule has 2 aromatic rings. The molecule has 0 aliphatic heterocycles. The summed E-state index contributed by atoms with van der Waals surface area (Å²) >= 11 is 0. The Morgan fingerprint density at radius 2 is 1.76 bits per heavy atom. The molecule has 0 heterocycles. The van der Waals surface area contributed by atoms with Crippen molar-refractivity contribution in [3.05, 3.63) is 58.7 Å². The van der Waals surface area contributed by atoms with Crippen LogP contribution >= 0.6 is 0 Å². The minimum Gasteiger partial charge on any atom is -0.321 e. The third-order valence-corrected chi connectivity index (χ3v) is 6.14. The van der Waals surface area contributed by atoms with Gasteiger partial charge in [-0.3, -0.25) is 4.79 Å². The van der Waals surface area contributed by atoms with Crippen molar-refractivity contribution in [3.63, 3.8) is 0 Å². The van der Waals surface area contributed by atoms with Crippen molar-refractivity contribution < 1.29 is 13.2 Å². The van der Waals surface area contributed by atoms with Crippen LogP contribution in [0.2, 0.25) is 0 Å². The Labute approximate surface area is 149 Å². The summed E-state index contributed by atoms with van der Waals surface area (Å²) in [6.45, 7) is 5.68. The van der Waals surface area contributed by atoms with E-state index in [9.17, 15) is 13.2 Å². The van der Waals surface area contributed by atoms with E-state index in [1.54, 1.807) is 19.1 Å². The van der Waals surface area contributed by atoms with Crippen LogP contribution in [0.1, 0.15) is 34.0 Å². The highest BCUT2D eigenvalue weighted by molar-refractivity contribution is 7.89. The molecule has 0 aliphatic rings. The monoisotopic (exact) mass is 360 g/mol. The molecule has 1 N–H and O–H groups in total. The minimum atomic E-state index is -3.60. The molecule has 2 rings (SSSR count). The van der Waals surface area contributed by atoms with E-state index < -0.39 is 10.0 Å². The van der Waals surface area contributed by atoms with Crippen LogP contribution in [-0.4, -0.2) is 32.7 Å². The highest BCUT2D eigenvalue weighted by Gasteiger charge is 2.21. The number of hydrogen-bond donors (Lipinski definition) is 1. The molecule has 6 heteroatoms. The quantitative estimate of drug-likeness (QED) is 0.889. The second-order valence-corrected chi connectivity index (χ2v) is 8.30. The van der Waals surface area contributed by atoms with Crippen LogP contribution in [0.15, 0.2) is 41.3 Å². The first-order valence-corrected chi connectivity index (χ1v) is 9.55. The summed E-state index contributed by atoms with van der Waals surface area (Å²) in [7, 11) is -0.655. The number of benzene rings is 2. The summed E-state index contributed by atoms with van der Waals surface area (Å²) in [6.07, 6.45) is 0.797. The van der Waals surface area contributed by atoms with Crippen molar-refractivity contribution >= 4 is 21.6 Å². The zero-order chi connectivity index (χ0) is 18.8. The molecule has 0 fully saturated rings. The lowest BCUT2D eigenvalue weighted by atomic mass is 10.1. The average Bonchev–Trinajstić information content (AvgIpc) is 2.56. The van der Waals surface area contributed by atoms with Crippen molar-refractivity contribution in [1.29, 1.82) is 0 Å². The van der Waals surface area contributed by atoms with Crippen LogP contribution in [0, 0.1) is 13.8 Å². The van der Waals surface area contributed by atoms with Crippen molar-refractivity contribution in [1.82, 2.24) is 4.31 Å². The lowest BCUT2D eigenvalue weighted by Crippen LogP contribution is -2.24. The molecule has 0 saturated heterocycles. The molecule has 0 aromatic heterocycles. The van der Waals surface area contributed by atoms with E-state index in [0.29, 0.717) is 11.1 Å². The third kappa shape index (κ3) is 3.91. The van der Waals surface area contributed by atoms with Gasteiger partial charge in [0, 0.05) is 25.3 Å². The predicted molar refractivity (Wildman–Crippen MR) is 101 cm³/mol. The normalized spacial score (nSPS) is 11.6. The van der Waals surface area contributed by atoms with E-state index in [4.69, 9.17) is 0 Å². The van der Waals surface area contributed by atoms with E-state index in [0.717, 1.165) is 27.5 Å². The van der Waals surface area contributed by atoms with Crippen LogP contribution in [0.5, 0.6) is 0 Å². The molecule has 1 amide bonds. The second-order valence-electron chi connectivity index (χ2n) is 6.18. The number of carbonyl (C=O) groups is 1. The van der Waals surface area contributed by atoms with Crippen LogP contribution in [0.3, 0.4) is 0 Å². The highest BCUT2D eigenvalue weighted by Crippen LogP contribution is 2.24. The Kier molecular flexibility index (Phi) is 5.65. The number of anilines is 1. The maximum atomic E-state index is 12.7. The molecule has 0 bridgehead atoms. The Morgan fingerprint density at radius 3 is 2.36 bits per heavy atom. The molecule has 0 saturated carbocycles. The fraction of sp³-hybridized carbons (Fsp3) is 0.316. The maximum Gasteiger partial charge on any atom is 0.255 e. The molecule has 0 aliphatic carbocycles. The number of carbonyl (C=O) groups excluding carboxylic acids is 1. The Hall–Kier alpha value is -2.18. The number of hydrogen-bond acceptors (Lipinski definition) is 3. The highest BCUT2D eigenvalue weighted by atomic mass is 32.2. The Balaban J connectivity index is 2.42. The van der Waals surface area contributed by atoms with Crippen molar-refractivity contribution in [2.75, 3.05) is 19.4 Å². The zero-order valence-corrected chi connectivity index (χ0v) is 16.1. The summed E-state index contributed by atoms with van der Waals surface area (Å²) in [4.78, 5) is 12.8. The Bertz CT molecular complexity index is 903. The van der Waals surface area contributed by atoms with Crippen LogP contribution in [0.25, 0.3) is 0 Å². The number of amides is 1. The van der Waals surface area contributed by atoms with E-state index in [1.165, 1.54) is 20.2 Å². The number of para-hydroxylation sites is 1. The van der Waals surface area contributed by atoms with Crippen molar-refractivity contribution in [2.24, 2.45) is 0 Å². The number of sulfonamides is 1. The van der Waals surface area contributed by atoms with E-state index in [1.807, 2.05) is 32.0 Å². The standard InChI is InChI=1S/C19H24N2O3S/c1-6-15-9-7-8-14(3)18(15)20-19(22)16-11-10-13(2)17(12-16)25(23,24)21(4)5/h7-12H,6H2,1-5H3,(H,20,22). The molecule has 2 aromatic carbocycles. The fourth-order valence-electron chi connectivity index (χ4n) is 2.60. The molecule has 5 nitrogen and oxygen atoms in total. The first-order valence-electron chi connectivity index (χ1n) is 8.11. The van der Waals surface area contributed by atoms with Gasteiger partial charge in [0.25, 0.3) is 5.91 Å². The van der Waals surface area contributed by atoms with E-state index >= 15 is 0 Å². The molecule has 25 heavy (non-hydrogen) atoms. The van der Waals surface area contributed by atoms with Crippen LogP contribution in [0.4, 0.5) is 5.69 Å². The smallest absolute Gasteiger partial charge is 0.255 e. The molecule has 0 radical (unpaired) electrons. The van der Waals surface area contributed by atoms with Gasteiger partial charge in [0.1, 0.15) is 0 Å². The zero-order valence-electron chi connectivity index (χ0n) is 15.3. The second kappa shape index (κ2) is 7.37. The van der Waals surface area contributed by atoms with Crippen molar-refractivity contribution in [2.45, 2.75) is 32.1 Å². The lowest BCUT2D eigenvalue weighted by Gasteiger charge is -2.16. The van der Waals surface area contributed by atoms with Crippen LogP contribution < -0.4 is 5.32 Å². The molecule has 0 spiro atoms. The van der Waals surface area contributed by atoms with E-state index in [-0.39, 0.29) is 10.8 Å². The summed E-state index contributed by atoms with van der Waals surface area (Å²) < 4.78 is 26.0. The molecule has 0 unspecified atom stereocenters. The van der Waals surface area contributed by atoms with Gasteiger partial charge in [-0.05, 0) is 49.1 Å². The van der Waals surface area contributed by atoms with Gasteiger partial charge in [-0.1, -0.05) is 31.2 Å². The Morgan fingerprint density at radius 1 is 1.08 bits per heavy atom. The summed E-state index contributed by atoms with van der Waals surface area (Å²) in [6, 6.07) is 10.6. The van der Waals surface area contributed by atoms with Gasteiger partial charge in [-0.25, -0.2) is 12.7 Å². The molecule has 0 atom stereocenters. The van der Waals surface area contributed by atoms with Gasteiger partial charge in [-0.15, -0.1) is 0 Å². The lowest BCUT2D eigenvalue weighted by molar-refractivity contribution is 0.102. The minimum absolute atomic E-state index is 0.144. The van der Waals surface area contributed by atoms with Crippen molar-refractivity contribution in [3.8, 4) is 0 Å². The first-order chi connectivity index (χ1) is 11.7. The maximum absolute atomic E-state index is 12.7. The SMILES string of the molecule is CCc1cccc(C)c1NC(=O)c1ccc(C)c(S(=O)(=O)N(C)C)c1. The first kappa shape index (κ1) is 19.1. The fourth-order valence-corrected chi connectivity index (χ4v) is 3.75. The average molecular weight is 360 g/mol. The molecule has 134 valence electrons. The predicted octanol–water partition coefficient (Wildman–Crippen LogP) is 3.37. The number of aryl methyl sites for hydroxylation is 3. The van der Waals surface area contributed by atoms with Gasteiger partial charge in [0.15, 0.2) is 0 Å².